The van der Waals surface area contributed by atoms with Crippen molar-refractivity contribution in [2.75, 3.05) is 0 Å². The van der Waals surface area contributed by atoms with Crippen LogP contribution in [0, 0.1) is 0 Å². The van der Waals surface area contributed by atoms with Crippen molar-refractivity contribution in [3.05, 3.63) is 94.3 Å². The summed E-state index contributed by atoms with van der Waals surface area (Å²) in [4.78, 5) is 17.4. The van der Waals surface area contributed by atoms with Gasteiger partial charge in [-0.3, -0.25) is 4.79 Å². The van der Waals surface area contributed by atoms with Crippen molar-refractivity contribution in [2.24, 2.45) is 5.10 Å². The Morgan fingerprint density at radius 2 is 1.70 bits per heavy atom. The van der Waals surface area contributed by atoms with E-state index in [1.54, 1.807) is 42.5 Å². The quantitative estimate of drug-likeness (QED) is 0.500. The van der Waals surface area contributed by atoms with Crippen molar-refractivity contribution < 1.29 is 18.3 Å². The molecule has 0 fully saturated rings. The second-order valence-electron chi connectivity index (χ2n) is 6.45. The number of halogens is 3. The molecule has 1 heterocycles. The van der Waals surface area contributed by atoms with Gasteiger partial charge in [-0.15, -0.1) is 0 Å². The topological polar surface area (TPSA) is 67.5 Å². The minimum Gasteiger partial charge on any atom is -0.507 e. The molecule has 4 aromatic rings. The molecule has 30 heavy (non-hydrogen) atoms. The molecular formula is C22H14F3N3O2. The monoisotopic (exact) mass is 409 g/mol. The third-order valence-corrected chi connectivity index (χ3v) is 4.45. The first kappa shape index (κ1) is 19.4. The third-order valence-electron chi connectivity index (χ3n) is 4.45. The summed E-state index contributed by atoms with van der Waals surface area (Å²) in [7, 11) is 0. The van der Waals surface area contributed by atoms with Crippen molar-refractivity contribution in [3.8, 4) is 17.1 Å². The van der Waals surface area contributed by atoms with E-state index in [0.717, 1.165) is 16.8 Å². The Labute approximate surface area is 168 Å². The van der Waals surface area contributed by atoms with Gasteiger partial charge in [-0.25, -0.2) is 4.98 Å². The molecule has 0 saturated heterocycles. The van der Waals surface area contributed by atoms with Crippen molar-refractivity contribution in [1.29, 1.82) is 0 Å². The molecule has 8 heteroatoms. The van der Waals surface area contributed by atoms with Gasteiger partial charge < -0.3 is 5.11 Å². The lowest BCUT2D eigenvalue weighted by atomic mass is 10.1. The Hall–Kier alpha value is -3.94. The molecule has 0 aliphatic heterocycles. The molecule has 1 aromatic heterocycles. The highest BCUT2D eigenvalue weighted by Crippen LogP contribution is 2.31. The smallest absolute Gasteiger partial charge is 0.416 e. The number of nitrogens with zero attached hydrogens (tertiary/aromatic N) is 3. The predicted molar refractivity (Wildman–Crippen MR) is 108 cm³/mol. The van der Waals surface area contributed by atoms with E-state index in [1.807, 2.05) is 0 Å². The average Bonchev–Trinajstić information content (AvgIpc) is 2.73. The molecule has 0 aliphatic rings. The predicted octanol–water partition coefficient (Wildman–Crippen LogP) is 4.67. The van der Waals surface area contributed by atoms with Crippen LogP contribution in [-0.4, -0.2) is 21.0 Å². The lowest BCUT2D eigenvalue weighted by molar-refractivity contribution is -0.137. The second-order valence-corrected chi connectivity index (χ2v) is 6.45. The van der Waals surface area contributed by atoms with E-state index < -0.39 is 17.3 Å². The highest BCUT2D eigenvalue weighted by atomic mass is 19.4. The Morgan fingerprint density at radius 1 is 0.967 bits per heavy atom. The van der Waals surface area contributed by atoms with Crippen LogP contribution in [0.25, 0.3) is 22.3 Å². The van der Waals surface area contributed by atoms with Gasteiger partial charge in [0.05, 0.1) is 22.7 Å². The van der Waals surface area contributed by atoms with Gasteiger partial charge in [0.2, 0.25) is 0 Å². The second kappa shape index (κ2) is 7.47. The molecule has 0 amide bonds. The van der Waals surface area contributed by atoms with E-state index in [2.05, 4.69) is 10.1 Å². The van der Waals surface area contributed by atoms with Crippen LogP contribution in [0.5, 0.6) is 5.75 Å². The lowest BCUT2D eigenvalue weighted by Gasteiger charge is -2.12. The molecule has 1 N–H and O–H groups in total. The fourth-order valence-corrected chi connectivity index (χ4v) is 2.97. The first-order valence-electron chi connectivity index (χ1n) is 8.86. The van der Waals surface area contributed by atoms with Crippen molar-refractivity contribution in [1.82, 2.24) is 9.66 Å². The standard InChI is InChI=1S/C22H14F3N3O2/c23-22(24,25)16-8-5-7-14(12-16)20-27-18-10-3-2-9-17(18)21(30)28(20)26-13-15-6-1-4-11-19(15)29/h1-13,29H. The molecule has 0 atom stereocenters. The van der Waals surface area contributed by atoms with Crippen LogP contribution in [0.2, 0.25) is 0 Å². The van der Waals surface area contributed by atoms with Crippen LogP contribution >= 0.6 is 0 Å². The minimum absolute atomic E-state index is 0.0449. The summed E-state index contributed by atoms with van der Waals surface area (Å²) in [6, 6.07) is 17.4. The summed E-state index contributed by atoms with van der Waals surface area (Å²) < 4.78 is 40.5. The maximum atomic E-state index is 13.2. The Kier molecular flexibility index (Phi) is 4.83. The van der Waals surface area contributed by atoms with Crippen molar-refractivity contribution >= 4 is 17.1 Å². The Balaban J connectivity index is 1.96. The van der Waals surface area contributed by atoms with Gasteiger partial charge in [0.1, 0.15) is 5.75 Å². The highest BCUT2D eigenvalue weighted by Gasteiger charge is 2.30. The Morgan fingerprint density at radius 3 is 2.47 bits per heavy atom. The van der Waals surface area contributed by atoms with Gasteiger partial charge in [0.15, 0.2) is 5.82 Å². The summed E-state index contributed by atoms with van der Waals surface area (Å²) >= 11 is 0. The summed E-state index contributed by atoms with van der Waals surface area (Å²) in [5, 5.41) is 14.3. The number of phenols is 1. The van der Waals surface area contributed by atoms with Crippen LogP contribution in [-0.2, 0) is 6.18 Å². The molecule has 5 nitrogen and oxygen atoms in total. The maximum Gasteiger partial charge on any atom is 0.416 e. The third kappa shape index (κ3) is 3.67. The molecule has 0 spiro atoms. The van der Waals surface area contributed by atoms with Crippen LogP contribution < -0.4 is 5.56 Å². The number of fused-ring (bicyclic) bond motifs is 1. The van der Waals surface area contributed by atoms with E-state index in [9.17, 15) is 23.1 Å². The maximum absolute atomic E-state index is 13.2. The van der Waals surface area contributed by atoms with Gasteiger partial charge in [0, 0.05) is 11.1 Å². The van der Waals surface area contributed by atoms with Crippen LogP contribution in [0.15, 0.2) is 82.7 Å². The number of rotatable bonds is 3. The number of hydrogen-bond acceptors (Lipinski definition) is 4. The molecule has 3 aromatic carbocycles. The van der Waals surface area contributed by atoms with Gasteiger partial charge in [-0.1, -0.05) is 36.4 Å². The fourth-order valence-electron chi connectivity index (χ4n) is 2.97. The first-order chi connectivity index (χ1) is 14.3. The zero-order chi connectivity index (χ0) is 21.3. The van der Waals surface area contributed by atoms with E-state index in [4.69, 9.17) is 0 Å². The fraction of sp³-hybridized carbons (Fsp3) is 0.0455. The average molecular weight is 409 g/mol. The SMILES string of the molecule is O=c1c2ccccc2nc(-c2cccc(C(F)(F)F)c2)n1N=Cc1ccccc1O. The van der Waals surface area contributed by atoms with Crippen LogP contribution in [0.1, 0.15) is 11.1 Å². The molecular weight excluding hydrogens is 395 g/mol. The highest BCUT2D eigenvalue weighted by molar-refractivity contribution is 5.84. The van der Waals surface area contributed by atoms with E-state index >= 15 is 0 Å². The molecule has 0 aliphatic carbocycles. The summed E-state index contributed by atoms with van der Waals surface area (Å²) in [5.74, 6) is -0.0971. The Bertz CT molecular complexity index is 1330. The van der Waals surface area contributed by atoms with Gasteiger partial charge in [-0.2, -0.15) is 22.9 Å². The molecule has 0 bridgehead atoms. The van der Waals surface area contributed by atoms with Crippen LogP contribution in [0.4, 0.5) is 13.2 Å². The van der Waals surface area contributed by atoms with E-state index in [0.29, 0.717) is 11.1 Å². The number of phenolic OH excluding ortho intramolecular Hbond substituents is 1. The normalized spacial score (nSPS) is 12.0. The number of aromatic nitrogens is 2. The summed E-state index contributed by atoms with van der Waals surface area (Å²) in [6.07, 6.45) is -3.29. The first-order valence-corrected chi connectivity index (χ1v) is 8.86. The van der Waals surface area contributed by atoms with Gasteiger partial charge in [-0.05, 0) is 36.4 Å². The minimum atomic E-state index is -4.54. The number of benzene rings is 3. The number of aromatic hydroxyl groups is 1. The van der Waals surface area contributed by atoms with Crippen LogP contribution in [0.3, 0.4) is 0 Å². The molecule has 0 saturated carbocycles. The molecule has 0 unspecified atom stereocenters. The van der Waals surface area contributed by atoms with Gasteiger partial charge in [0.25, 0.3) is 5.56 Å². The summed E-state index contributed by atoms with van der Waals surface area (Å²) in [6.45, 7) is 0. The number of para-hydroxylation sites is 2. The zero-order valence-electron chi connectivity index (χ0n) is 15.3. The molecule has 4 rings (SSSR count). The van der Waals surface area contributed by atoms with Crippen molar-refractivity contribution in [3.63, 3.8) is 0 Å². The van der Waals surface area contributed by atoms with E-state index in [-0.39, 0.29) is 22.5 Å². The number of alkyl halides is 3. The molecule has 150 valence electrons. The van der Waals surface area contributed by atoms with Crippen molar-refractivity contribution in [2.45, 2.75) is 6.18 Å². The lowest BCUT2D eigenvalue weighted by Crippen LogP contribution is -2.20. The number of hydrogen-bond donors (Lipinski definition) is 1. The molecule has 0 radical (unpaired) electrons. The van der Waals surface area contributed by atoms with Gasteiger partial charge >= 0.3 is 6.18 Å². The largest absolute Gasteiger partial charge is 0.507 e. The summed E-state index contributed by atoms with van der Waals surface area (Å²) in [5.41, 5.74) is -0.642. The zero-order valence-corrected chi connectivity index (χ0v) is 15.3. The van der Waals surface area contributed by atoms with E-state index in [1.165, 1.54) is 24.4 Å².